The zero-order valence-corrected chi connectivity index (χ0v) is 10.2. The van der Waals surface area contributed by atoms with Crippen LogP contribution in [0, 0.1) is 0 Å². The van der Waals surface area contributed by atoms with Crippen molar-refractivity contribution in [3.8, 4) is 11.5 Å². The fraction of sp³-hybridized carbons (Fsp3) is 0.333. The van der Waals surface area contributed by atoms with E-state index in [1.54, 1.807) is 18.2 Å². The third-order valence-corrected chi connectivity index (χ3v) is 2.73. The van der Waals surface area contributed by atoms with Crippen LogP contribution in [0.15, 0.2) is 18.2 Å². The number of carbonyl (C=O) groups is 2. The summed E-state index contributed by atoms with van der Waals surface area (Å²) >= 11 is 0. The summed E-state index contributed by atoms with van der Waals surface area (Å²) in [4.78, 5) is 24.7. The monoisotopic (exact) mass is 250 g/mol. The van der Waals surface area contributed by atoms with Gasteiger partial charge in [0.25, 0.3) is 5.91 Å². The molecule has 0 radical (unpaired) electrons. The van der Waals surface area contributed by atoms with Crippen LogP contribution >= 0.6 is 0 Å². The summed E-state index contributed by atoms with van der Waals surface area (Å²) < 4.78 is 10.2. The van der Waals surface area contributed by atoms with Crippen molar-refractivity contribution in [3.63, 3.8) is 0 Å². The number of carbonyl (C=O) groups excluding carboxylic acids is 2. The molecule has 1 N–H and O–H groups in total. The molecule has 0 unspecified atom stereocenters. The topological polar surface area (TPSA) is 67.9 Å². The molecule has 0 aliphatic carbocycles. The summed E-state index contributed by atoms with van der Waals surface area (Å²) in [6.45, 7) is 0.865. The molecule has 2 rings (SSSR count). The van der Waals surface area contributed by atoms with E-state index in [0.29, 0.717) is 30.2 Å². The molecule has 1 fully saturated rings. The molecule has 1 aromatic rings. The van der Waals surface area contributed by atoms with Gasteiger partial charge in [0, 0.05) is 18.7 Å². The van der Waals surface area contributed by atoms with Crippen molar-refractivity contribution < 1.29 is 19.1 Å². The van der Waals surface area contributed by atoms with Gasteiger partial charge < -0.3 is 14.8 Å². The third-order valence-electron chi connectivity index (χ3n) is 2.73. The van der Waals surface area contributed by atoms with Crippen LogP contribution in [-0.4, -0.2) is 44.1 Å². The number of amides is 3. The fourth-order valence-electron chi connectivity index (χ4n) is 1.79. The summed E-state index contributed by atoms with van der Waals surface area (Å²) in [5.74, 6) is 0.661. The van der Waals surface area contributed by atoms with Crippen molar-refractivity contribution in [3.05, 3.63) is 23.8 Å². The highest BCUT2D eigenvalue weighted by molar-refractivity contribution is 6.05. The Bertz CT molecular complexity index is 487. The first-order valence-corrected chi connectivity index (χ1v) is 5.49. The minimum atomic E-state index is -0.366. The maximum atomic E-state index is 12.1. The molecule has 0 aromatic heterocycles. The van der Waals surface area contributed by atoms with E-state index in [0.717, 1.165) is 0 Å². The Balaban J connectivity index is 2.28. The molecule has 96 valence electrons. The van der Waals surface area contributed by atoms with Crippen LogP contribution < -0.4 is 14.8 Å². The molecule has 1 saturated heterocycles. The first-order valence-electron chi connectivity index (χ1n) is 5.49. The first kappa shape index (κ1) is 12.2. The Kier molecular flexibility index (Phi) is 3.36. The Morgan fingerprint density at radius 3 is 2.56 bits per heavy atom. The smallest absolute Gasteiger partial charge is 0.324 e. The van der Waals surface area contributed by atoms with E-state index in [-0.39, 0.29) is 11.9 Å². The molecule has 0 atom stereocenters. The van der Waals surface area contributed by atoms with Crippen molar-refractivity contribution in [1.82, 2.24) is 10.2 Å². The number of rotatable bonds is 3. The van der Waals surface area contributed by atoms with Gasteiger partial charge in [-0.3, -0.25) is 9.69 Å². The van der Waals surface area contributed by atoms with E-state index in [2.05, 4.69) is 5.32 Å². The van der Waals surface area contributed by atoms with Crippen LogP contribution in [0.3, 0.4) is 0 Å². The van der Waals surface area contributed by atoms with Gasteiger partial charge in [-0.2, -0.15) is 0 Å². The van der Waals surface area contributed by atoms with Crippen molar-refractivity contribution in [2.24, 2.45) is 0 Å². The van der Waals surface area contributed by atoms with Gasteiger partial charge in [-0.05, 0) is 18.2 Å². The lowest BCUT2D eigenvalue weighted by Crippen LogP contribution is -2.34. The second-order valence-electron chi connectivity index (χ2n) is 3.76. The summed E-state index contributed by atoms with van der Waals surface area (Å²) in [6, 6.07) is 4.44. The number of hydrogen-bond acceptors (Lipinski definition) is 4. The number of nitrogens with one attached hydrogen (secondary N) is 1. The molecule has 18 heavy (non-hydrogen) atoms. The molecule has 1 aliphatic rings. The molecule has 3 amide bonds. The summed E-state index contributed by atoms with van der Waals surface area (Å²) in [7, 11) is 3.02. The van der Waals surface area contributed by atoms with Crippen LogP contribution in [0.5, 0.6) is 11.5 Å². The van der Waals surface area contributed by atoms with Gasteiger partial charge in [0.15, 0.2) is 11.5 Å². The van der Waals surface area contributed by atoms with E-state index >= 15 is 0 Å². The van der Waals surface area contributed by atoms with Gasteiger partial charge in [-0.15, -0.1) is 0 Å². The van der Waals surface area contributed by atoms with Crippen LogP contribution in [0.25, 0.3) is 0 Å². The van der Waals surface area contributed by atoms with Gasteiger partial charge in [0.1, 0.15) is 0 Å². The Morgan fingerprint density at radius 1 is 1.28 bits per heavy atom. The zero-order valence-electron chi connectivity index (χ0n) is 10.2. The highest BCUT2D eigenvalue weighted by atomic mass is 16.5. The Morgan fingerprint density at radius 2 is 2.00 bits per heavy atom. The molecule has 0 saturated carbocycles. The number of benzene rings is 1. The van der Waals surface area contributed by atoms with E-state index < -0.39 is 0 Å². The average Bonchev–Trinajstić information content (AvgIpc) is 2.83. The van der Waals surface area contributed by atoms with Crippen molar-refractivity contribution in [2.75, 3.05) is 27.3 Å². The van der Waals surface area contributed by atoms with Crippen LogP contribution in [0.1, 0.15) is 10.4 Å². The standard InChI is InChI=1S/C12H14N2O4/c1-17-9-4-3-8(7-10(9)18-2)11(15)14-6-5-13-12(14)16/h3-4,7H,5-6H2,1-2H3,(H,13,16). The number of nitrogens with zero attached hydrogens (tertiary/aromatic N) is 1. The summed E-state index contributed by atoms with van der Waals surface area (Å²) in [5, 5.41) is 2.58. The van der Waals surface area contributed by atoms with Crippen molar-refractivity contribution in [2.45, 2.75) is 0 Å². The van der Waals surface area contributed by atoms with Gasteiger partial charge in [0.2, 0.25) is 0 Å². The predicted molar refractivity (Wildman–Crippen MR) is 64.0 cm³/mol. The highest BCUT2D eigenvalue weighted by Crippen LogP contribution is 2.28. The van der Waals surface area contributed by atoms with Gasteiger partial charge in [-0.1, -0.05) is 0 Å². The lowest BCUT2D eigenvalue weighted by Gasteiger charge is -2.14. The SMILES string of the molecule is COc1ccc(C(=O)N2CCNC2=O)cc1OC. The predicted octanol–water partition coefficient (Wildman–Crippen LogP) is 0.869. The van der Waals surface area contributed by atoms with Crippen molar-refractivity contribution in [1.29, 1.82) is 0 Å². The van der Waals surface area contributed by atoms with Crippen LogP contribution in [0.2, 0.25) is 0 Å². The maximum absolute atomic E-state index is 12.1. The molecular formula is C12H14N2O4. The number of methoxy groups -OCH3 is 2. The van der Waals surface area contributed by atoms with Gasteiger partial charge >= 0.3 is 6.03 Å². The number of imide groups is 1. The normalized spacial score (nSPS) is 14.3. The second kappa shape index (κ2) is 4.95. The number of hydrogen-bond donors (Lipinski definition) is 1. The van der Waals surface area contributed by atoms with E-state index in [4.69, 9.17) is 9.47 Å². The summed E-state index contributed by atoms with van der Waals surface area (Å²) in [5.41, 5.74) is 0.393. The molecule has 6 nitrogen and oxygen atoms in total. The Labute approximate surface area is 104 Å². The first-order chi connectivity index (χ1) is 8.67. The average molecular weight is 250 g/mol. The Hall–Kier alpha value is -2.24. The molecule has 6 heteroatoms. The quantitative estimate of drug-likeness (QED) is 0.864. The van der Waals surface area contributed by atoms with Crippen LogP contribution in [-0.2, 0) is 0 Å². The fourth-order valence-corrected chi connectivity index (χ4v) is 1.79. The van der Waals surface area contributed by atoms with Crippen molar-refractivity contribution >= 4 is 11.9 Å². The van der Waals surface area contributed by atoms with Gasteiger partial charge in [-0.25, -0.2) is 4.79 Å². The molecule has 1 aromatic carbocycles. The largest absolute Gasteiger partial charge is 0.493 e. The minimum Gasteiger partial charge on any atom is -0.493 e. The second-order valence-corrected chi connectivity index (χ2v) is 3.76. The van der Waals surface area contributed by atoms with Crippen LogP contribution in [0.4, 0.5) is 4.79 Å². The number of urea groups is 1. The molecule has 0 bridgehead atoms. The minimum absolute atomic E-state index is 0.342. The zero-order chi connectivity index (χ0) is 13.1. The van der Waals surface area contributed by atoms with E-state index in [1.807, 2.05) is 0 Å². The van der Waals surface area contributed by atoms with Gasteiger partial charge in [0.05, 0.1) is 14.2 Å². The maximum Gasteiger partial charge on any atom is 0.324 e. The molecule has 1 aliphatic heterocycles. The highest BCUT2D eigenvalue weighted by Gasteiger charge is 2.27. The molecular weight excluding hydrogens is 236 g/mol. The summed E-state index contributed by atoms with van der Waals surface area (Å²) in [6.07, 6.45) is 0. The third kappa shape index (κ3) is 2.09. The molecule has 1 heterocycles. The van der Waals surface area contributed by atoms with E-state index in [1.165, 1.54) is 19.1 Å². The lowest BCUT2D eigenvalue weighted by molar-refractivity contribution is 0.0829. The lowest BCUT2D eigenvalue weighted by atomic mass is 10.2. The van der Waals surface area contributed by atoms with E-state index in [9.17, 15) is 9.59 Å². The molecule has 0 spiro atoms. The number of ether oxygens (including phenoxy) is 2.